The van der Waals surface area contributed by atoms with Gasteiger partial charge in [0.1, 0.15) is 23.0 Å². The van der Waals surface area contributed by atoms with Gasteiger partial charge in [0, 0.05) is 24.0 Å². The average Bonchev–Trinajstić information content (AvgIpc) is 3.20. The summed E-state index contributed by atoms with van der Waals surface area (Å²) in [5.74, 6) is -1.18. The standard InChI is InChI=1S/C26H23FN4O5/c1-35-17-9-10-18(19(27)12-17)25(29-15-16-6-5-11-28-14-16)24-20(13-23(32)33)30-31(26(24)34)21-7-3-4-8-22(21)36-2/h3-12,14,30H,13,15H2,1-2H3,(H,32,33). The number of aromatic nitrogens is 3. The fourth-order valence-electron chi connectivity index (χ4n) is 3.77. The highest BCUT2D eigenvalue weighted by atomic mass is 19.1. The maximum Gasteiger partial charge on any atom is 0.309 e. The van der Waals surface area contributed by atoms with Gasteiger partial charge in [-0.1, -0.05) is 18.2 Å². The van der Waals surface area contributed by atoms with E-state index in [1.54, 1.807) is 54.9 Å². The Hall–Kier alpha value is -4.73. The molecule has 0 spiro atoms. The highest BCUT2D eigenvalue weighted by Gasteiger charge is 2.26. The van der Waals surface area contributed by atoms with E-state index in [0.717, 1.165) is 5.56 Å². The number of carboxylic acid groups (broad SMARTS) is 1. The van der Waals surface area contributed by atoms with Crippen molar-refractivity contribution in [2.45, 2.75) is 13.0 Å². The molecule has 0 fully saturated rings. The molecular weight excluding hydrogens is 467 g/mol. The molecule has 36 heavy (non-hydrogen) atoms. The van der Waals surface area contributed by atoms with E-state index in [1.807, 2.05) is 0 Å². The second-order valence-electron chi connectivity index (χ2n) is 7.72. The summed E-state index contributed by atoms with van der Waals surface area (Å²) in [7, 11) is 2.87. The van der Waals surface area contributed by atoms with Crippen molar-refractivity contribution in [3.63, 3.8) is 0 Å². The lowest BCUT2D eigenvalue weighted by Crippen LogP contribution is -2.23. The lowest BCUT2D eigenvalue weighted by molar-refractivity contribution is -0.136. The van der Waals surface area contributed by atoms with Gasteiger partial charge < -0.3 is 14.6 Å². The summed E-state index contributed by atoms with van der Waals surface area (Å²) >= 11 is 0. The molecule has 0 amide bonds. The molecule has 0 aliphatic carbocycles. The number of aromatic amines is 1. The molecule has 9 nitrogen and oxygen atoms in total. The molecule has 4 aromatic rings. The summed E-state index contributed by atoms with van der Waals surface area (Å²) in [4.78, 5) is 34.1. The van der Waals surface area contributed by atoms with E-state index in [0.29, 0.717) is 11.4 Å². The maximum absolute atomic E-state index is 15.2. The molecule has 0 saturated carbocycles. The summed E-state index contributed by atoms with van der Waals surface area (Å²) < 4.78 is 26.9. The lowest BCUT2D eigenvalue weighted by atomic mass is 10.00. The Morgan fingerprint density at radius 3 is 2.61 bits per heavy atom. The second kappa shape index (κ2) is 10.7. The molecule has 0 radical (unpaired) electrons. The zero-order chi connectivity index (χ0) is 25.7. The number of nitrogens with zero attached hydrogens (tertiary/aromatic N) is 3. The molecule has 184 valence electrons. The summed E-state index contributed by atoms with van der Waals surface area (Å²) in [5, 5.41) is 12.4. The number of hydrogen-bond donors (Lipinski definition) is 2. The van der Waals surface area contributed by atoms with E-state index in [4.69, 9.17) is 9.47 Å². The molecular formula is C26H23FN4O5. The summed E-state index contributed by atoms with van der Waals surface area (Å²) in [6, 6.07) is 14.5. The minimum Gasteiger partial charge on any atom is -0.497 e. The molecule has 2 heterocycles. The molecule has 0 bridgehead atoms. The van der Waals surface area contributed by atoms with Crippen LogP contribution in [0.25, 0.3) is 5.69 Å². The van der Waals surface area contributed by atoms with Crippen molar-refractivity contribution in [3.8, 4) is 17.2 Å². The maximum atomic E-state index is 15.2. The molecule has 0 unspecified atom stereocenters. The molecule has 0 saturated heterocycles. The summed E-state index contributed by atoms with van der Waals surface area (Å²) in [6.45, 7) is 0.0838. The van der Waals surface area contributed by atoms with Gasteiger partial charge in [-0.05, 0) is 35.9 Å². The normalized spacial score (nSPS) is 11.4. The molecule has 4 rings (SSSR count). The number of aliphatic carboxylic acids is 1. The fraction of sp³-hybridized carbons (Fsp3) is 0.154. The van der Waals surface area contributed by atoms with E-state index < -0.39 is 23.8 Å². The fourth-order valence-corrected chi connectivity index (χ4v) is 3.77. The Bertz CT molecular complexity index is 1480. The number of aliphatic imine (C=N–C) groups is 1. The Morgan fingerprint density at radius 1 is 1.14 bits per heavy atom. The highest BCUT2D eigenvalue weighted by Crippen LogP contribution is 2.24. The average molecular weight is 490 g/mol. The van der Waals surface area contributed by atoms with Crippen LogP contribution in [0.5, 0.6) is 11.5 Å². The number of halogens is 1. The number of pyridine rings is 1. The van der Waals surface area contributed by atoms with Crippen LogP contribution in [0.1, 0.15) is 22.4 Å². The van der Waals surface area contributed by atoms with Crippen molar-refractivity contribution in [3.05, 3.63) is 106 Å². The number of rotatable bonds is 9. The van der Waals surface area contributed by atoms with E-state index in [9.17, 15) is 14.7 Å². The van der Waals surface area contributed by atoms with Crippen LogP contribution in [0.15, 0.2) is 76.8 Å². The summed E-state index contributed by atoms with van der Waals surface area (Å²) in [5.41, 5.74) is 0.527. The predicted octanol–water partition coefficient (Wildman–Crippen LogP) is 3.38. The number of ether oxygens (including phenoxy) is 2. The van der Waals surface area contributed by atoms with Gasteiger partial charge in [0.15, 0.2) is 0 Å². The third kappa shape index (κ3) is 5.02. The van der Waals surface area contributed by atoms with Gasteiger partial charge in [0.25, 0.3) is 5.56 Å². The number of methoxy groups -OCH3 is 2. The molecule has 0 atom stereocenters. The number of carboxylic acids is 1. The molecule has 10 heteroatoms. The van der Waals surface area contributed by atoms with Crippen molar-refractivity contribution in [1.29, 1.82) is 0 Å². The van der Waals surface area contributed by atoms with Crippen molar-refractivity contribution >= 4 is 11.7 Å². The third-order valence-corrected chi connectivity index (χ3v) is 5.43. The lowest BCUT2D eigenvalue weighted by Gasteiger charge is -2.10. The first-order valence-corrected chi connectivity index (χ1v) is 10.9. The number of hydrogen-bond acceptors (Lipinski definition) is 6. The van der Waals surface area contributed by atoms with Gasteiger partial charge in [-0.25, -0.2) is 9.07 Å². The van der Waals surface area contributed by atoms with Gasteiger partial charge in [0.05, 0.1) is 44.2 Å². The van der Waals surface area contributed by atoms with Gasteiger partial charge in [-0.15, -0.1) is 0 Å². The summed E-state index contributed by atoms with van der Waals surface area (Å²) in [6.07, 6.45) is 2.70. The molecule has 2 aromatic heterocycles. The van der Waals surface area contributed by atoms with E-state index in [-0.39, 0.29) is 34.8 Å². The van der Waals surface area contributed by atoms with Crippen LogP contribution in [0, 0.1) is 5.82 Å². The van der Waals surface area contributed by atoms with Crippen molar-refractivity contribution < 1.29 is 23.8 Å². The Kier molecular flexibility index (Phi) is 7.24. The van der Waals surface area contributed by atoms with Crippen molar-refractivity contribution in [1.82, 2.24) is 14.8 Å². The number of para-hydroxylation sites is 2. The zero-order valence-corrected chi connectivity index (χ0v) is 19.6. The predicted molar refractivity (Wildman–Crippen MR) is 131 cm³/mol. The smallest absolute Gasteiger partial charge is 0.309 e. The number of H-pyrrole nitrogens is 1. The van der Waals surface area contributed by atoms with E-state index in [2.05, 4.69) is 15.1 Å². The minimum atomic E-state index is -1.17. The topological polar surface area (TPSA) is 119 Å². The first kappa shape index (κ1) is 24.4. The van der Waals surface area contributed by atoms with Gasteiger partial charge in [0.2, 0.25) is 0 Å². The Labute approximate surface area is 205 Å². The van der Waals surface area contributed by atoms with Crippen molar-refractivity contribution in [2.75, 3.05) is 14.2 Å². The first-order valence-electron chi connectivity index (χ1n) is 10.9. The monoisotopic (exact) mass is 490 g/mol. The van der Waals surface area contributed by atoms with Gasteiger partial charge in [-0.3, -0.25) is 24.7 Å². The number of carbonyl (C=O) groups is 1. The number of benzene rings is 2. The van der Waals surface area contributed by atoms with Crippen LogP contribution in [-0.4, -0.2) is 45.8 Å². The quantitative estimate of drug-likeness (QED) is 0.347. The zero-order valence-electron chi connectivity index (χ0n) is 19.6. The Balaban J connectivity index is 1.97. The second-order valence-corrected chi connectivity index (χ2v) is 7.72. The number of nitrogens with one attached hydrogen (secondary N) is 1. The van der Waals surface area contributed by atoms with Crippen LogP contribution in [-0.2, 0) is 17.8 Å². The van der Waals surface area contributed by atoms with Crippen LogP contribution < -0.4 is 15.0 Å². The van der Waals surface area contributed by atoms with Crippen LogP contribution in [0.2, 0.25) is 0 Å². The largest absolute Gasteiger partial charge is 0.497 e. The third-order valence-electron chi connectivity index (χ3n) is 5.43. The minimum absolute atomic E-state index is 0.00477. The van der Waals surface area contributed by atoms with Crippen LogP contribution >= 0.6 is 0 Å². The van der Waals surface area contributed by atoms with Gasteiger partial charge >= 0.3 is 5.97 Å². The van der Waals surface area contributed by atoms with Gasteiger partial charge in [-0.2, -0.15) is 0 Å². The Morgan fingerprint density at radius 2 is 1.94 bits per heavy atom. The highest BCUT2D eigenvalue weighted by molar-refractivity contribution is 6.14. The van der Waals surface area contributed by atoms with Crippen LogP contribution in [0.3, 0.4) is 0 Å². The van der Waals surface area contributed by atoms with Crippen LogP contribution in [0.4, 0.5) is 4.39 Å². The molecule has 0 aliphatic rings. The molecule has 0 aliphatic heterocycles. The van der Waals surface area contributed by atoms with Crippen molar-refractivity contribution in [2.24, 2.45) is 4.99 Å². The van der Waals surface area contributed by atoms with E-state index in [1.165, 1.54) is 31.0 Å². The van der Waals surface area contributed by atoms with E-state index >= 15 is 4.39 Å². The SMILES string of the molecule is COc1ccc(C(=NCc2cccnc2)c2c(CC(=O)O)[nH]n(-c3ccccc3OC)c2=O)c(F)c1. The molecule has 2 aromatic carbocycles. The molecule has 2 N–H and O–H groups in total. The first-order chi connectivity index (χ1) is 17.4.